The van der Waals surface area contributed by atoms with Crippen LogP contribution in [-0.2, 0) is 0 Å². The number of hydrogen-bond acceptors (Lipinski definition) is 3. The van der Waals surface area contributed by atoms with Crippen molar-refractivity contribution in [2.75, 3.05) is 6.54 Å². The standard InChI is InChI=1S/C14H19NOS/c1-5-15-13(12-7-10(3)16-8-12)14-9(2)6-11(4)17-14/h6-8,13,15H,5H2,1-4H3. The van der Waals surface area contributed by atoms with Crippen molar-refractivity contribution in [2.24, 2.45) is 0 Å². The van der Waals surface area contributed by atoms with E-state index < -0.39 is 0 Å². The van der Waals surface area contributed by atoms with Gasteiger partial charge in [0.25, 0.3) is 0 Å². The zero-order valence-electron chi connectivity index (χ0n) is 10.8. The molecule has 17 heavy (non-hydrogen) atoms. The summed E-state index contributed by atoms with van der Waals surface area (Å²) in [4.78, 5) is 2.76. The molecule has 0 saturated heterocycles. The van der Waals surface area contributed by atoms with Crippen molar-refractivity contribution in [2.45, 2.75) is 33.7 Å². The fourth-order valence-electron chi connectivity index (χ4n) is 2.13. The van der Waals surface area contributed by atoms with Gasteiger partial charge >= 0.3 is 0 Å². The molecule has 2 nitrogen and oxygen atoms in total. The molecule has 2 rings (SSSR count). The van der Waals surface area contributed by atoms with Crippen LogP contribution in [0.1, 0.15) is 39.6 Å². The summed E-state index contributed by atoms with van der Waals surface area (Å²) in [5.74, 6) is 0.967. The maximum absolute atomic E-state index is 5.42. The second kappa shape index (κ2) is 5.07. The lowest BCUT2D eigenvalue weighted by Gasteiger charge is -2.15. The molecular formula is C14H19NOS. The van der Waals surface area contributed by atoms with Gasteiger partial charge in [-0.15, -0.1) is 11.3 Å². The molecule has 0 aliphatic heterocycles. The lowest BCUT2D eigenvalue weighted by atomic mass is 10.1. The Morgan fingerprint density at radius 1 is 1.29 bits per heavy atom. The molecule has 3 heteroatoms. The Labute approximate surface area is 107 Å². The molecule has 0 amide bonds. The Bertz CT molecular complexity index is 498. The number of aryl methyl sites for hydroxylation is 3. The summed E-state index contributed by atoms with van der Waals surface area (Å²) >= 11 is 1.86. The van der Waals surface area contributed by atoms with Crippen LogP contribution in [0.4, 0.5) is 0 Å². The highest BCUT2D eigenvalue weighted by molar-refractivity contribution is 7.12. The molecule has 0 spiro atoms. The van der Waals surface area contributed by atoms with Gasteiger partial charge in [-0.3, -0.25) is 0 Å². The van der Waals surface area contributed by atoms with Crippen LogP contribution in [0.2, 0.25) is 0 Å². The molecule has 0 aliphatic carbocycles. The summed E-state index contributed by atoms with van der Waals surface area (Å²) in [6.45, 7) is 9.40. The molecule has 2 aromatic rings. The minimum absolute atomic E-state index is 0.260. The SMILES string of the molecule is CCNC(c1coc(C)c1)c1sc(C)cc1C. The third-order valence-corrected chi connectivity index (χ3v) is 4.05. The summed E-state index contributed by atoms with van der Waals surface area (Å²) in [5, 5.41) is 3.53. The second-order valence-electron chi connectivity index (χ2n) is 4.39. The van der Waals surface area contributed by atoms with Crippen LogP contribution in [0.25, 0.3) is 0 Å². The summed E-state index contributed by atoms with van der Waals surface area (Å²) in [5.41, 5.74) is 2.58. The summed E-state index contributed by atoms with van der Waals surface area (Å²) < 4.78 is 5.42. The summed E-state index contributed by atoms with van der Waals surface area (Å²) in [7, 11) is 0. The van der Waals surface area contributed by atoms with Crippen molar-refractivity contribution in [3.63, 3.8) is 0 Å². The van der Waals surface area contributed by atoms with E-state index in [4.69, 9.17) is 4.42 Å². The van der Waals surface area contributed by atoms with Gasteiger partial charge in [-0.25, -0.2) is 0 Å². The number of nitrogens with one attached hydrogen (secondary N) is 1. The van der Waals surface area contributed by atoms with Crippen LogP contribution < -0.4 is 5.32 Å². The molecule has 0 aliphatic rings. The first kappa shape index (κ1) is 12.4. The van der Waals surface area contributed by atoms with E-state index in [1.165, 1.54) is 20.9 Å². The van der Waals surface area contributed by atoms with E-state index in [0.29, 0.717) is 0 Å². The average Bonchev–Trinajstić information content (AvgIpc) is 2.82. The number of hydrogen-bond donors (Lipinski definition) is 1. The fraction of sp³-hybridized carbons (Fsp3) is 0.429. The topological polar surface area (TPSA) is 25.2 Å². The van der Waals surface area contributed by atoms with Crippen LogP contribution >= 0.6 is 11.3 Å². The van der Waals surface area contributed by atoms with Crippen molar-refractivity contribution in [3.05, 3.63) is 45.0 Å². The monoisotopic (exact) mass is 249 g/mol. The Balaban J connectivity index is 2.38. The van der Waals surface area contributed by atoms with Crippen molar-refractivity contribution in [3.8, 4) is 0 Å². The van der Waals surface area contributed by atoms with E-state index in [1.807, 2.05) is 24.5 Å². The number of thiophene rings is 1. The summed E-state index contributed by atoms with van der Waals surface area (Å²) in [6, 6.07) is 4.62. The molecule has 1 atom stereocenters. The van der Waals surface area contributed by atoms with Crippen molar-refractivity contribution < 1.29 is 4.42 Å². The Morgan fingerprint density at radius 3 is 2.53 bits per heavy atom. The maximum atomic E-state index is 5.42. The van der Waals surface area contributed by atoms with Crippen molar-refractivity contribution in [1.82, 2.24) is 5.32 Å². The van der Waals surface area contributed by atoms with E-state index in [1.54, 1.807) is 0 Å². The first-order valence-electron chi connectivity index (χ1n) is 5.97. The minimum Gasteiger partial charge on any atom is -0.469 e. The third kappa shape index (κ3) is 2.61. The highest BCUT2D eigenvalue weighted by Gasteiger charge is 2.19. The normalized spacial score (nSPS) is 12.9. The van der Waals surface area contributed by atoms with Crippen molar-refractivity contribution in [1.29, 1.82) is 0 Å². The van der Waals surface area contributed by atoms with Crippen LogP contribution in [0, 0.1) is 20.8 Å². The quantitative estimate of drug-likeness (QED) is 0.887. The Morgan fingerprint density at radius 2 is 2.06 bits per heavy atom. The van der Waals surface area contributed by atoms with Crippen LogP contribution in [-0.4, -0.2) is 6.54 Å². The van der Waals surface area contributed by atoms with Crippen LogP contribution in [0.15, 0.2) is 22.8 Å². The van der Waals surface area contributed by atoms with Gasteiger partial charge in [-0.2, -0.15) is 0 Å². The summed E-state index contributed by atoms with van der Waals surface area (Å²) in [6.07, 6.45) is 1.86. The highest BCUT2D eigenvalue weighted by Crippen LogP contribution is 2.32. The molecule has 0 saturated carbocycles. The van der Waals surface area contributed by atoms with Gasteiger partial charge in [-0.05, 0) is 45.0 Å². The predicted octanol–water partition coefficient (Wildman–Crippen LogP) is 3.97. The minimum atomic E-state index is 0.260. The van der Waals surface area contributed by atoms with Crippen molar-refractivity contribution >= 4 is 11.3 Å². The van der Waals surface area contributed by atoms with Gasteiger partial charge in [0, 0.05) is 15.3 Å². The molecule has 0 bridgehead atoms. The number of furan rings is 1. The van der Waals surface area contributed by atoms with E-state index >= 15 is 0 Å². The highest BCUT2D eigenvalue weighted by atomic mass is 32.1. The largest absolute Gasteiger partial charge is 0.469 e. The van der Waals surface area contributed by atoms with Gasteiger partial charge in [-0.1, -0.05) is 6.92 Å². The Kier molecular flexibility index (Phi) is 3.69. The van der Waals surface area contributed by atoms with E-state index in [2.05, 4.69) is 38.2 Å². The van der Waals surface area contributed by atoms with E-state index in [0.717, 1.165) is 12.3 Å². The van der Waals surface area contributed by atoms with Crippen LogP contribution in [0.5, 0.6) is 0 Å². The molecule has 0 aromatic carbocycles. The Hall–Kier alpha value is -1.06. The van der Waals surface area contributed by atoms with Crippen LogP contribution in [0.3, 0.4) is 0 Å². The molecule has 0 radical (unpaired) electrons. The van der Waals surface area contributed by atoms with Gasteiger partial charge in [0.2, 0.25) is 0 Å². The second-order valence-corrected chi connectivity index (χ2v) is 5.67. The lowest BCUT2D eigenvalue weighted by molar-refractivity contribution is 0.526. The van der Waals surface area contributed by atoms with Gasteiger partial charge in [0.05, 0.1) is 12.3 Å². The van der Waals surface area contributed by atoms with E-state index in [9.17, 15) is 0 Å². The molecule has 1 N–H and O–H groups in total. The molecule has 92 valence electrons. The molecule has 1 unspecified atom stereocenters. The van der Waals surface area contributed by atoms with E-state index in [-0.39, 0.29) is 6.04 Å². The molecule has 2 aromatic heterocycles. The predicted molar refractivity (Wildman–Crippen MR) is 72.8 cm³/mol. The first-order valence-corrected chi connectivity index (χ1v) is 6.78. The zero-order valence-corrected chi connectivity index (χ0v) is 11.6. The smallest absolute Gasteiger partial charge is 0.101 e. The number of rotatable bonds is 4. The zero-order chi connectivity index (χ0) is 12.4. The first-order chi connectivity index (χ1) is 8.11. The molecule has 0 fully saturated rings. The van der Waals surface area contributed by atoms with Gasteiger partial charge in [0.1, 0.15) is 5.76 Å². The average molecular weight is 249 g/mol. The third-order valence-electron chi connectivity index (χ3n) is 2.83. The van der Waals surface area contributed by atoms with Gasteiger partial charge < -0.3 is 9.73 Å². The molecule has 2 heterocycles. The fourth-order valence-corrected chi connectivity index (χ4v) is 3.27. The van der Waals surface area contributed by atoms with Gasteiger partial charge in [0.15, 0.2) is 0 Å². The lowest BCUT2D eigenvalue weighted by Crippen LogP contribution is -2.21. The maximum Gasteiger partial charge on any atom is 0.101 e. The molecular weight excluding hydrogens is 230 g/mol.